The number of benzene rings is 1. The number of carbonyl (C=O) groups excluding carboxylic acids is 1. The van der Waals surface area contributed by atoms with Gasteiger partial charge in [0, 0.05) is 18.8 Å². The van der Waals surface area contributed by atoms with Gasteiger partial charge in [0.05, 0.1) is 10.5 Å². The summed E-state index contributed by atoms with van der Waals surface area (Å²) in [4.78, 5) is 18.5. The van der Waals surface area contributed by atoms with Crippen LogP contribution in [0.15, 0.2) is 41.3 Å². The minimum absolute atomic E-state index is 0.106. The van der Waals surface area contributed by atoms with Crippen molar-refractivity contribution in [1.82, 2.24) is 4.98 Å². The first-order chi connectivity index (χ1) is 12.8. The van der Waals surface area contributed by atoms with Gasteiger partial charge in [0.25, 0.3) is 5.91 Å². The molecule has 0 atom stereocenters. The molecule has 0 radical (unpaired) electrons. The van der Waals surface area contributed by atoms with Crippen molar-refractivity contribution < 1.29 is 17.6 Å². The summed E-state index contributed by atoms with van der Waals surface area (Å²) in [6.07, 6.45) is 4.09. The quantitative estimate of drug-likeness (QED) is 0.778. The summed E-state index contributed by atoms with van der Waals surface area (Å²) in [6, 6.07) is 8.17. The largest absolute Gasteiger partial charge is 0.356 e. The topological polar surface area (TPSA) is 105 Å². The molecule has 1 fully saturated rings. The van der Waals surface area contributed by atoms with Gasteiger partial charge in [-0.15, -0.1) is 0 Å². The van der Waals surface area contributed by atoms with Gasteiger partial charge in [0.15, 0.2) is 0 Å². The number of carbonyl (C=O) groups is 1. The lowest BCUT2D eigenvalue weighted by Gasteiger charge is -2.23. The molecule has 2 heterocycles. The molecule has 2 aromatic rings. The van der Waals surface area contributed by atoms with Gasteiger partial charge in [-0.1, -0.05) is 18.9 Å². The lowest BCUT2D eigenvalue weighted by Crippen LogP contribution is -2.28. The summed E-state index contributed by atoms with van der Waals surface area (Å²) in [7, 11) is -3.88. The number of pyridine rings is 1. The van der Waals surface area contributed by atoms with Crippen molar-refractivity contribution in [2.24, 2.45) is 5.14 Å². The van der Waals surface area contributed by atoms with Crippen molar-refractivity contribution in [3.8, 4) is 0 Å². The summed E-state index contributed by atoms with van der Waals surface area (Å²) in [5, 5.41) is 7.76. The van der Waals surface area contributed by atoms with Gasteiger partial charge in [0.1, 0.15) is 5.82 Å². The van der Waals surface area contributed by atoms with E-state index >= 15 is 0 Å². The number of sulfonamides is 1. The fraction of sp³-hybridized carbons (Fsp3) is 0.333. The third-order valence-electron chi connectivity index (χ3n) is 4.41. The average Bonchev–Trinajstić information content (AvgIpc) is 2.90. The van der Waals surface area contributed by atoms with Crippen LogP contribution in [0.3, 0.4) is 0 Å². The zero-order valence-corrected chi connectivity index (χ0v) is 15.5. The minimum atomic E-state index is -3.88. The Morgan fingerprint density at radius 2 is 1.81 bits per heavy atom. The second-order valence-corrected chi connectivity index (χ2v) is 7.99. The van der Waals surface area contributed by atoms with E-state index in [1.165, 1.54) is 24.3 Å². The van der Waals surface area contributed by atoms with Gasteiger partial charge >= 0.3 is 0 Å². The third-order valence-corrected chi connectivity index (χ3v) is 5.32. The molecule has 3 N–H and O–H groups in total. The Bertz CT molecular complexity index is 941. The lowest BCUT2D eigenvalue weighted by atomic mass is 10.2. The van der Waals surface area contributed by atoms with E-state index in [9.17, 15) is 17.6 Å². The van der Waals surface area contributed by atoms with Gasteiger partial charge in [0.2, 0.25) is 16.0 Å². The van der Waals surface area contributed by atoms with Crippen LogP contribution in [0.1, 0.15) is 36.0 Å². The number of rotatable bonds is 4. The zero-order chi connectivity index (χ0) is 19.4. The molecule has 1 aliphatic rings. The maximum atomic E-state index is 13.7. The fourth-order valence-electron chi connectivity index (χ4n) is 3.08. The van der Waals surface area contributed by atoms with Gasteiger partial charge in [-0.25, -0.2) is 18.5 Å². The van der Waals surface area contributed by atoms with E-state index in [0.29, 0.717) is 18.9 Å². The van der Waals surface area contributed by atoms with Crippen molar-refractivity contribution in [3.63, 3.8) is 0 Å². The van der Waals surface area contributed by atoms with Crippen molar-refractivity contribution in [2.75, 3.05) is 23.3 Å². The van der Waals surface area contributed by atoms with Gasteiger partial charge < -0.3 is 10.2 Å². The summed E-state index contributed by atoms with van der Waals surface area (Å²) >= 11 is 0. The molecule has 0 saturated carbocycles. The Labute approximate surface area is 157 Å². The monoisotopic (exact) mass is 392 g/mol. The van der Waals surface area contributed by atoms with E-state index in [2.05, 4.69) is 10.3 Å². The molecule has 0 unspecified atom stereocenters. The number of nitrogens with two attached hydrogens (primary N) is 1. The molecule has 1 saturated heterocycles. The number of primary sulfonamides is 1. The molecule has 9 heteroatoms. The highest BCUT2D eigenvalue weighted by molar-refractivity contribution is 7.89. The molecule has 0 spiro atoms. The second-order valence-electron chi connectivity index (χ2n) is 6.43. The Kier molecular flexibility index (Phi) is 5.71. The molecule has 1 aromatic carbocycles. The highest BCUT2D eigenvalue weighted by Gasteiger charge is 2.21. The van der Waals surface area contributed by atoms with Crippen molar-refractivity contribution in [3.05, 3.63) is 47.9 Å². The molecule has 1 aromatic heterocycles. The first-order valence-corrected chi connectivity index (χ1v) is 10.2. The number of hydrogen-bond acceptors (Lipinski definition) is 5. The van der Waals surface area contributed by atoms with E-state index in [4.69, 9.17) is 5.14 Å². The highest BCUT2D eigenvalue weighted by atomic mass is 32.2. The van der Waals surface area contributed by atoms with E-state index < -0.39 is 21.9 Å². The molecule has 27 heavy (non-hydrogen) atoms. The molecule has 1 aliphatic heterocycles. The Morgan fingerprint density at radius 1 is 1.11 bits per heavy atom. The number of hydrogen-bond donors (Lipinski definition) is 2. The fourth-order valence-corrected chi connectivity index (χ4v) is 3.63. The highest BCUT2D eigenvalue weighted by Crippen LogP contribution is 2.24. The Balaban J connectivity index is 1.89. The van der Waals surface area contributed by atoms with E-state index in [1.54, 1.807) is 6.07 Å². The number of nitrogens with one attached hydrogen (secondary N) is 1. The van der Waals surface area contributed by atoms with Crippen LogP contribution in [0.5, 0.6) is 0 Å². The summed E-state index contributed by atoms with van der Waals surface area (Å²) in [5.41, 5.74) is 0.511. The Hall–Kier alpha value is -2.52. The van der Waals surface area contributed by atoms with Crippen LogP contribution in [-0.2, 0) is 10.0 Å². The second kappa shape index (κ2) is 8.01. The predicted molar refractivity (Wildman–Crippen MR) is 101 cm³/mol. The number of aromatic nitrogens is 1. The molecule has 0 bridgehead atoms. The van der Waals surface area contributed by atoms with Crippen LogP contribution in [0.4, 0.5) is 15.9 Å². The van der Waals surface area contributed by atoms with Crippen LogP contribution >= 0.6 is 0 Å². The molecular formula is C18H21FN4O3S. The van der Waals surface area contributed by atoms with Crippen molar-refractivity contribution in [1.29, 1.82) is 0 Å². The zero-order valence-electron chi connectivity index (χ0n) is 14.7. The maximum absolute atomic E-state index is 13.7. The molecule has 1 amide bonds. The first-order valence-electron chi connectivity index (χ1n) is 8.70. The van der Waals surface area contributed by atoms with Gasteiger partial charge in [-0.05, 0) is 43.2 Å². The maximum Gasteiger partial charge on any atom is 0.259 e. The lowest BCUT2D eigenvalue weighted by molar-refractivity contribution is 0.102. The SMILES string of the molecule is NS(=O)(=O)c1cccc(NC(=O)c2ccc(F)nc2N2CCCCCC2)c1. The summed E-state index contributed by atoms with van der Waals surface area (Å²) in [5.74, 6) is -0.840. The average molecular weight is 392 g/mol. The molecule has 0 aliphatic carbocycles. The number of nitrogens with zero attached hydrogens (tertiary/aromatic N) is 2. The number of amides is 1. The summed E-state index contributed by atoms with van der Waals surface area (Å²) in [6.45, 7) is 1.41. The first kappa shape index (κ1) is 19.2. The minimum Gasteiger partial charge on any atom is -0.356 e. The molecule has 7 nitrogen and oxygen atoms in total. The van der Waals surface area contributed by atoms with E-state index in [0.717, 1.165) is 31.7 Å². The molecule has 144 valence electrons. The van der Waals surface area contributed by atoms with Crippen LogP contribution in [0, 0.1) is 5.95 Å². The van der Waals surface area contributed by atoms with Crippen molar-refractivity contribution >= 4 is 27.4 Å². The van der Waals surface area contributed by atoms with Gasteiger partial charge in [-0.2, -0.15) is 4.39 Å². The normalized spacial score (nSPS) is 15.3. The van der Waals surface area contributed by atoms with Crippen LogP contribution in [-0.4, -0.2) is 32.4 Å². The van der Waals surface area contributed by atoms with Gasteiger partial charge in [-0.3, -0.25) is 4.79 Å². The van der Waals surface area contributed by atoms with Crippen LogP contribution in [0.25, 0.3) is 0 Å². The molecule has 3 rings (SSSR count). The van der Waals surface area contributed by atoms with E-state index in [-0.39, 0.29) is 16.1 Å². The third kappa shape index (κ3) is 4.81. The van der Waals surface area contributed by atoms with Crippen molar-refractivity contribution in [2.45, 2.75) is 30.6 Å². The van der Waals surface area contributed by atoms with E-state index in [1.807, 2.05) is 4.90 Å². The summed E-state index contributed by atoms with van der Waals surface area (Å²) < 4.78 is 36.7. The van der Waals surface area contributed by atoms with Crippen LogP contribution in [0.2, 0.25) is 0 Å². The predicted octanol–water partition coefficient (Wildman–Crippen LogP) is 2.50. The Morgan fingerprint density at radius 3 is 2.48 bits per heavy atom. The number of anilines is 2. The standard InChI is InChI=1S/C18H21FN4O3S/c19-16-9-8-15(17(22-16)23-10-3-1-2-4-11-23)18(24)21-13-6-5-7-14(12-13)27(20,25)26/h5-9,12H,1-4,10-11H2,(H,21,24)(H2,20,25,26). The smallest absolute Gasteiger partial charge is 0.259 e. The molecular weight excluding hydrogens is 371 g/mol. The van der Waals surface area contributed by atoms with Crippen LogP contribution < -0.4 is 15.4 Å². The number of halogens is 1.